The fraction of sp³-hybridized carbons (Fsp3) is 0.276. The van der Waals surface area contributed by atoms with Crippen LogP contribution < -0.4 is 4.74 Å². The molecule has 6 heteroatoms. The summed E-state index contributed by atoms with van der Waals surface area (Å²) in [6, 6.07) is 19.3. The number of carbonyl (C=O) groups excluding carboxylic acids is 1. The smallest absolute Gasteiger partial charge is 0.195 e. The van der Waals surface area contributed by atoms with Crippen molar-refractivity contribution in [2.75, 3.05) is 19.6 Å². The number of carbonyl (C=O) groups is 1. The van der Waals surface area contributed by atoms with Crippen LogP contribution in [0.1, 0.15) is 42.1 Å². The third-order valence-electron chi connectivity index (χ3n) is 6.51. The maximum absolute atomic E-state index is 13.7. The standard InChI is InChI=1S/C29H29NO4S/c1-2-3-15-30-16-14-24(18-30)34-23-11-6-19(7-12-23)28(33)27-25-13-10-22(32)17-26(25)35-29(27)20-4-8-21(31)9-5-20/h4-13,17,24,31-32H,2-3,14-16,18H2,1H3/t24-/m1/s1. The van der Waals surface area contributed by atoms with Crippen molar-refractivity contribution in [3.05, 3.63) is 77.9 Å². The van der Waals surface area contributed by atoms with Gasteiger partial charge in [-0.25, -0.2) is 0 Å². The van der Waals surface area contributed by atoms with E-state index in [4.69, 9.17) is 4.74 Å². The Bertz CT molecular complexity index is 1330. The van der Waals surface area contributed by atoms with Gasteiger partial charge in [0, 0.05) is 39.2 Å². The van der Waals surface area contributed by atoms with Gasteiger partial charge in [-0.3, -0.25) is 9.69 Å². The Balaban J connectivity index is 1.40. The van der Waals surface area contributed by atoms with Gasteiger partial charge in [-0.2, -0.15) is 0 Å². The second kappa shape index (κ2) is 10.1. The Labute approximate surface area is 209 Å². The van der Waals surface area contributed by atoms with E-state index < -0.39 is 0 Å². The lowest BCUT2D eigenvalue weighted by atomic mass is 9.97. The highest BCUT2D eigenvalue weighted by Gasteiger charge is 2.24. The largest absolute Gasteiger partial charge is 0.508 e. The zero-order valence-corrected chi connectivity index (χ0v) is 20.6. The summed E-state index contributed by atoms with van der Waals surface area (Å²) in [5.74, 6) is 1.04. The van der Waals surface area contributed by atoms with E-state index in [9.17, 15) is 15.0 Å². The van der Waals surface area contributed by atoms with Gasteiger partial charge in [0.2, 0.25) is 0 Å². The van der Waals surface area contributed by atoms with Crippen LogP contribution in [0.2, 0.25) is 0 Å². The van der Waals surface area contributed by atoms with Gasteiger partial charge in [0.25, 0.3) is 0 Å². The first-order chi connectivity index (χ1) is 17.0. The number of likely N-dealkylation sites (tertiary alicyclic amines) is 1. The van der Waals surface area contributed by atoms with Gasteiger partial charge in [0.05, 0.1) is 0 Å². The number of ketones is 1. The number of phenolic OH excluding ortho intramolecular Hbond substituents is 2. The Morgan fingerprint density at radius 1 is 1.03 bits per heavy atom. The Morgan fingerprint density at radius 2 is 1.77 bits per heavy atom. The summed E-state index contributed by atoms with van der Waals surface area (Å²) in [5, 5.41) is 20.5. The molecule has 5 rings (SSSR count). The molecule has 1 aliphatic rings. The zero-order chi connectivity index (χ0) is 24.4. The van der Waals surface area contributed by atoms with Gasteiger partial charge in [0.1, 0.15) is 23.4 Å². The molecular weight excluding hydrogens is 458 g/mol. The highest BCUT2D eigenvalue weighted by Crippen LogP contribution is 2.41. The molecular formula is C29H29NO4S. The van der Waals surface area contributed by atoms with Crippen LogP contribution in [0.4, 0.5) is 0 Å². The first kappa shape index (κ1) is 23.4. The number of hydrogen-bond acceptors (Lipinski definition) is 6. The number of rotatable bonds is 8. The van der Waals surface area contributed by atoms with E-state index in [1.165, 1.54) is 24.2 Å². The molecule has 5 nitrogen and oxygen atoms in total. The van der Waals surface area contributed by atoms with Crippen molar-refractivity contribution in [2.24, 2.45) is 0 Å². The summed E-state index contributed by atoms with van der Waals surface area (Å²) >= 11 is 1.46. The molecule has 0 amide bonds. The molecule has 0 bridgehead atoms. The van der Waals surface area contributed by atoms with Gasteiger partial charge in [-0.1, -0.05) is 13.3 Å². The molecule has 4 aromatic rings. The Hall–Kier alpha value is -3.35. The van der Waals surface area contributed by atoms with Crippen LogP contribution in [0.3, 0.4) is 0 Å². The summed E-state index contributed by atoms with van der Waals surface area (Å²) in [6.45, 7) is 5.36. The summed E-state index contributed by atoms with van der Waals surface area (Å²) < 4.78 is 7.03. The van der Waals surface area contributed by atoms with E-state index in [2.05, 4.69) is 11.8 Å². The molecule has 1 fully saturated rings. The van der Waals surface area contributed by atoms with E-state index >= 15 is 0 Å². The molecule has 0 radical (unpaired) electrons. The van der Waals surface area contributed by atoms with Crippen molar-refractivity contribution in [3.63, 3.8) is 0 Å². The van der Waals surface area contributed by atoms with Crippen molar-refractivity contribution in [3.8, 4) is 27.7 Å². The van der Waals surface area contributed by atoms with Crippen molar-refractivity contribution in [1.29, 1.82) is 0 Å². The highest BCUT2D eigenvalue weighted by molar-refractivity contribution is 7.22. The summed E-state index contributed by atoms with van der Waals surface area (Å²) in [5.41, 5.74) is 2.04. The van der Waals surface area contributed by atoms with E-state index in [1.807, 2.05) is 24.3 Å². The second-order valence-electron chi connectivity index (χ2n) is 9.07. The molecule has 0 unspecified atom stereocenters. The molecule has 1 aliphatic heterocycles. The predicted octanol–water partition coefficient (Wildman–Crippen LogP) is 6.46. The van der Waals surface area contributed by atoms with Crippen molar-refractivity contribution < 1.29 is 19.7 Å². The molecule has 2 heterocycles. The minimum atomic E-state index is -0.0804. The van der Waals surface area contributed by atoms with Crippen molar-refractivity contribution >= 4 is 27.2 Å². The molecule has 2 N–H and O–H groups in total. The molecule has 180 valence electrons. The van der Waals surface area contributed by atoms with Crippen molar-refractivity contribution in [1.82, 2.24) is 4.90 Å². The number of aromatic hydroxyl groups is 2. The first-order valence-electron chi connectivity index (χ1n) is 12.1. The van der Waals surface area contributed by atoms with Crippen LogP contribution in [0.5, 0.6) is 17.2 Å². The lowest BCUT2D eigenvalue weighted by Gasteiger charge is -2.16. The number of unbranched alkanes of at least 4 members (excludes halogenated alkanes) is 1. The summed E-state index contributed by atoms with van der Waals surface area (Å²) in [7, 11) is 0. The molecule has 0 aliphatic carbocycles. The monoisotopic (exact) mass is 487 g/mol. The molecule has 35 heavy (non-hydrogen) atoms. The molecule has 1 atom stereocenters. The van der Waals surface area contributed by atoms with Crippen LogP contribution >= 0.6 is 11.3 Å². The van der Waals surface area contributed by atoms with Crippen LogP contribution in [0.25, 0.3) is 20.5 Å². The van der Waals surface area contributed by atoms with E-state index in [-0.39, 0.29) is 23.4 Å². The van der Waals surface area contributed by atoms with Crippen LogP contribution in [-0.2, 0) is 0 Å². The minimum Gasteiger partial charge on any atom is -0.508 e. The average molecular weight is 488 g/mol. The summed E-state index contributed by atoms with van der Waals surface area (Å²) in [6.07, 6.45) is 3.62. The number of hydrogen-bond donors (Lipinski definition) is 2. The third kappa shape index (κ3) is 5.04. The molecule has 0 saturated carbocycles. The van der Waals surface area contributed by atoms with Gasteiger partial charge < -0.3 is 14.9 Å². The lowest BCUT2D eigenvalue weighted by Crippen LogP contribution is -2.25. The fourth-order valence-corrected chi connectivity index (χ4v) is 5.86. The third-order valence-corrected chi connectivity index (χ3v) is 7.71. The quantitative estimate of drug-likeness (QED) is 0.279. The molecule has 3 aromatic carbocycles. The van der Waals surface area contributed by atoms with Crippen LogP contribution in [0, 0.1) is 0 Å². The SMILES string of the molecule is CCCCN1CC[C@@H](Oc2ccc(C(=O)c3c(-c4ccc(O)cc4)sc4cc(O)ccc34)cc2)C1. The maximum atomic E-state index is 13.7. The predicted molar refractivity (Wildman–Crippen MR) is 141 cm³/mol. The number of thiophene rings is 1. The van der Waals surface area contributed by atoms with Crippen molar-refractivity contribution in [2.45, 2.75) is 32.3 Å². The Morgan fingerprint density at radius 3 is 2.51 bits per heavy atom. The molecule has 1 saturated heterocycles. The first-order valence-corrected chi connectivity index (χ1v) is 12.9. The molecule has 0 spiro atoms. The average Bonchev–Trinajstić information content (AvgIpc) is 3.47. The number of phenols is 2. The number of benzene rings is 3. The summed E-state index contributed by atoms with van der Waals surface area (Å²) in [4.78, 5) is 17.0. The minimum absolute atomic E-state index is 0.0804. The fourth-order valence-electron chi connectivity index (χ4n) is 4.63. The number of nitrogens with zero attached hydrogens (tertiary/aromatic N) is 1. The maximum Gasteiger partial charge on any atom is 0.195 e. The van der Waals surface area contributed by atoms with Crippen LogP contribution in [0.15, 0.2) is 66.7 Å². The number of fused-ring (bicyclic) bond motifs is 1. The van der Waals surface area contributed by atoms with Gasteiger partial charge in [0.15, 0.2) is 5.78 Å². The van der Waals surface area contributed by atoms with Gasteiger partial charge >= 0.3 is 0 Å². The normalized spacial score (nSPS) is 16.1. The van der Waals surface area contributed by atoms with Gasteiger partial charge in [-0.05, 0) is 91.7 Å². The second-order valence-corrected chi connectivity index (χ2v) is 10.1. The van der Waals surface area contributed by atoms with E-state index in [0.29, 0.717) is 11.1 Å². The van der Waals surface area contributed by atoms with E-state index in [0.717, 1.165) is 52.3 Å². The van der Waals surface area contributed by atoms with Crippen LogP contribution in [-0.4, -0.2) is 46.6 Å². The zero-order valence-electron chi connectivity index (χ0n) is 19.7. The van der Waals surface area contributed by atoms with E-state index in [1.54, 1.807) is 42.5 Å². The Kier molecular flexibility index (Phi) is 6.75. The molecule has 1 aromatic heterocycles. The lowest BCUT2D eigenvalue weighted by molar-refractivity contribution is 0.104. The van der Waals surface area contributed by atoms with Gasteiger partial charge in [-0.15, -0.1) is 11.3 Å². The number of ether oxygens (including phenoxy) is 1. The topological polar surface area (TPSA) is 70.0 Å². The highest BCUT2D eigenvalue weighted by atomic mass is 32.1.